The van der Waals surface area contributed by atoms with Gasteiger partial charge in [-0.05, 0) is 48.7 Å². The van der Waals surface area contributed by atoms with Gasteiger partial charge in [-0.2, -0.15) is 5.26 Å². The van der Waals surface area contributed by atoms with Crippen molar-refractivity contribution in [1.29, 1.82) is 5.26 Å². The van der Waals surface area contributed by atoms with E-state index in [2.05, 4.69) is 0 Å². The predicted octanol–water partition coefficient (Wildman–Crippen LogP) is 2.37. The van der Waals surface area contributed by atoms with Gasteiger partial charge in [0.15, 0.2) is 27.1 Å². The molecule has 0 bridgehead atoms. The van der Waals surface area contributed by atoms with Crippen molar-refractivity contribution in [1.82, 2.24) is 4.90 Å². The van der Waals surface area contributed by atoms with Crippen LogP contribution in [0.1, 0.15) is 34.3 Å². The summed E-state index contributed by atoms with van der Waals surface area (Å²) in [6.45, 7) is 1.60. The smallest absolute Gasteiger partial charge is 0.237 e. The lowest BCUT2D eigenvalue weighted by molar-refractivity contribution is -0.129. The van der Waals surface area contributed by atoms with Crippen molar-refractivity contribution in [2.24, 2.45) is 5.92 Å². The maximum absolute atomic E-state index is 12.9. The van der Waals surface area contributed by atoms with Gasteiger partial charge in [0.05, 0.1) is 17.4 Å². The van der Waals surface area contributed by atoms with Gasteiger partial charge in [0.1, 0.15) is 19.0 Å². The van der Waals surface area contributed by atoms with Gasteiger partial charge in [0.2, 0.25) is 5.91 Å². The third kappa shape index (κ3) is 5.52. The average molecular weight is 469 g/mol. The molecule has 33 heavy (non-hydrogen) atoms. The first-order valence-electron chi connectivity index (χ1n) is 10.8. The second-order valence-electron chi connectivity index (χ2n) is 8.22. The van der Waals surface area contributed by atoms with E-state index < -0.39 is 21.5 Å². The van der Waals surface area contributed by atoms with Crippen molar-refractivity contribution in [3.63, 3.8) is 0 Å². The molecule has 2 aromatic rings. The van der Waals surface area contributed by atoms with Gasteiger partial charge in [-0.15, -0.1) is 0 Å². The van der Waals surface area contributed by atoms with Crippen molar-refractivity contribution in [2.45, 2.75) is 18.6 Å². The first-order valence-corrected chi connectivity index (χ1v) is 12.6. The summed E-state index contributed by atoms with van der Waals surface area (Å²) in [5.74, 6) is -0.335. The number of likely N-dealkylation sites (tertiary alicyclic amines) is 1. The Morgan fingerprint density at radius 3 is 2.33 bits per heavy atom. The standard InChI is InChI=1S/C24H24N2O6S/c25-14-17-1-3-18(4-2-17)15-33(29,30)16-23(27)26-9-7-19(8-10-26)24(28)20-5-6-21-22(13-20)32-12-11-31-21/h1-6,13,19H,7-12,15-16H2. The maximum Gasteiger partial charge on any atom is 0.237 e. The number of hydrogen-bond acceptors (Lipinski definition) is 7. The molecule has 2 aliphatic heterocycles. The average Bonchev–Trinajstić information content (AvgIpc) is 2.83. The molecule has 4 rings (SSSR count). The van der Waals surface area contributed by atoms with Gasteiger partial charge >= 0.3 is 0 Å². The fraction of sp³-hybridized carbons (Fsp3) is 0.375. The van der Waals surface area contributed by atoms with Crippen LogP contribution in [-0.4, -0.2) is 57.1 Å². The number of amides is 1. The SMILES string of the molecule is N#Cc1ccc(CS(=O)(=O)CC(=O)N2CCC(C(=O)c3ccc4c(c3)OCCO4)CC2)cc1. The minimum atomic E-state index is -3.65. The highest BCUT2D eigenvalue weighted by Gasteiger charge is 2.30. The monoisotopic (exact) mass is 468 g/mol. The number of fused-ring (bicyclic) bond motifs is 1. The molecule has 0 atom stereocenters. The largest absolute Gasteiger partial charge is 0.486 e. The predicted molar refractivity (Wildman–Crippen MR) is 120 cm³/mol. The molecule has 0 unspecified atom stereocenters. The molecule has 1 saturated heterocycles. The summed E-state index contributed by atoms with van der Waals surface area (Å²) in [5, 5.41) is 8.84. The molecule has 2 aliphatic rings. The fourth-order valence-corrected chi connectivity index (χ4v) is 5.44. The van der Waals surface area contributed by atoms with Crippen LogP contribution in [0.5, 0.6) is 11.5 Å². The van der Waals surface area contributed by atoms with Crippen LogP contribution in [0.15, 0.2) is 42.5 Å². The van der Waals surface area contributed by atoms with Crippen LogP contribution in [0.25, 0.3) is 0 Å². The lowest BCUT2D eigenvalue weighted by Gasteiger charge is -2.31. The Morgan fingerprint density at radius 1 is 1.00 bits per heavy atom. The second kappa shape index (κ2) is 9.63. The molecule has 0 N–H and O–H groups in total. The molecule has 1 amide bonds. The lowest BCUT2D eigenvalue weighted by Crippen LogP contribution is -2.43. The molecule has 9 heteroatoms. The van der Waals surface area contributed by atoms with Crippen LogP contribution in [0.2, 0.25) is 0 Å². The van der Waals surface area contributed by atoms with E-state index in [1.54, 1.807) is 42.5 Å². The van der Waals surface area contributed by atoms with Crippen LogP contribution >= 0.6 is 0 Å². The van der Waals surface area contributed by atoms with Gasteiger partial charge in [0.25, 0.3) is 0 Å². The Hall–Kier alpha value is -3.38. The summed E-state index contributed by atoms with van der Waals surface area (Å²) >= 11 is 0. The molecule has 0 aromatic heterocycles. The Labute approximate surface area is 192 Å². The minimum absolute atomic E-state index is 0.00694. The molecule has 172 valence electrons. The van der Waals surface area contributed by atoms with E-state index >= 15 is 0 Å². The molecule has 0 saturated carbocycles. The molecule has 8 nitrogen and oxygen atoms in total. The maximum atomic E-state index is 12.9. The number of ether oxygens (including phenoxy) is 2. The third-order valence-corrected chi connectivity index (χ3v) is 7.32. The van der Waals surface area contributed by atoms with Gasteiger partial charge in [-0.1, -0.05) is 12.1 Å². The number of nitriles is 1. The third-order valence-electron chi connectivity index (χ3n) is 5.86. The first-order chi connectivity index (χ1) is 15.8. The number of nitrogens with zero attached hydrogens (tertiary/aromatic N) is 2. The minimum Gasteiger partial charge on any atom is -0.486 e. The number of sulfone groups is 1. The van der Waals surface area contributed by atoms with E-state index in [-0.39, 0.29) is 17.5 Å². The molecular weight excluding hydrogens is 444 g/mol. The highest BCUT2D eigenvalue weighted by atomic mass is 32.2. The topological polar surface area (TPSA) is 114 Å². The fourth-order valence-electron chi connectivity index (χ4n) is 4.08. The van der Waals surface area contributed by atoms with E-state index in [1.807, 2.05) is 6.07 Å². The second-order valence-corrected chi connectivity index (χ2v) is 10.3. The van der Waals surface area contributed by atoms with E-state index in [0.29, 0.717) is 67.3 Å². The summed E-state index contributed by atoms with van der Waals surface area (Å²) < 4.78 is 36.0. The Bertz CT molecular complexity index is 1190. The van der Waals surface area contributed by atoms with E-state index in [4.69, 9.17) is 14.7 Å². The number of carbonyl (C=O) groups is 2. The molecule has 2 heterocycles. The quantitative estimate of drug-likeness (QED) is 0.598. The summed E-state index contributed by atoms with van der Waals surface area (Å²) in [7, 11) is -3.65. The Balaban J connectivity index is 1.31. The normalized spacial score (nSPS) is 16.2. The molecule has 0 spiro atoms. The number of hydrogen-bond donors (Lipinski definition) is 0. The van der Waals surface area contributed by atoms with Crippen LogP contribution in [0, 0.1) is 17.2 Å². The van der Waals surface area contributed by atoms with Crippen molar-refractivity contribution < 1.29 is 27.5 Å². The van der Waals surface area contributed by atoms with Crippen molar-refractivity contribution in [2.75, 3.05) is 32.1 Å². The lowest BCUT2D eigenvalue weighted by atomic mass is 9.88. The molecular formula is C24H24N2O6S. The van der Waals surface area contributed by atoms with E-state index in [9.17, 15) is 18.0 Å². The summed E-state index contributed by atoms with van der Waals surface area (Å²) in [6.07, 6.45) is 0.962. The molecule has 0 aliphatic carbocycles. The van der Waals surface area contributed by atoms with Crippen LogP contribution < -0.4 is 9.47 Å². The van der Waals surface area contributed by atoms with E-state index in [1.165, 1.54) is 4.90 Å². The van der Waals surface area contributed by atoms with Crippen molar-refractivity contribution in [3.05, 3.63) is 59.2 Å². The van der Waals surface area contributed by atoms with Gasteiger partial charge in [-0.25, -0.2) is 8.42 Å². The number of rotatable bonds is 6. The number of carbonyl (C=O) groups excluding carboxylic acids is 2. The number of ketones is 1. The summed E-state index contributed by atoms with van der Waals surface area (Å²) in [4.78, 5) is 27.0. The zero-order chi connectivity index (χ0) is 23.4. The van der Waals surface area contributed by atoms with Crippen LogP contribution in [0.4, 0.5) is 0 Å². The Morgan fingerprint density at radius 2 is 1.67 bits per heavy atom. The van der Waals surface area contributed by atoms with Crippen LogP contribution in [-0.2, 0) is 20.4 Å². The van der Waals surface area contributed by atoms with Gasteiger partial charge in [0, 0.05) is 24.6 Å². The van der Waals surface area contributed by atoms with E-state index in [0.717, 1.165) is 0 Å². The summed E-state index contributed by atoms with van der Waals surface area (Å²) in [6, 6.07) is 13.4. The first kappa shape index (κ1) is 22.8. The number of piperidine rings is 1. The molecule has 1 fully saturated rings. The zero-order valence-corrected chi connectivity index (χ0v) is 18.8. The van der Waals surface area contributed by atoms with Gasteiger partial charge < -0.3 is 14.4 Å². The Kier molecular flexibility index (Phi) is 6.65. The van der Waals surface area contributed by atoms with Crippen LogP contribution in [0.3, 0.4) is 0 Å². The van der Waals surface area contributed by atoms with Crippen molar-refractivity contribution in [3.8, 4) is 17.6 Å². The van der Waals surface area contributed by atoms with Gasteiger partial charge in [-0.3, -0.25) is 9.59 Å². The number of benzene rings is 2. The summed E-state index contributed by atoms with van der Waals surface area (Å²) in [5.41, 5.74) is 1.53. The zero-order valence-electron chi connectivity index (χ0n) is 18.0. The molecule has 0 radical (unpaired) electrons. The molecule has 2 aromatic carbocycles. The highest BCUT2D eigenvalue weighted by Crippen LogP contribution is 2.32. The van der Waals surface area contributed by atoms with Crippen molar-refractivity contribution >= 4 is 21.5 Å². The highest BCUT2D eigenvalue weighted by molar-refractivity contribution is 7.91. The number of Topliss-reactive ketones (excluding diaryl/α,β-unsaturated/α-hetero) is 1.